The smallest absolute Gasteiger partial charge is 0.312 e. The van der Waals surface area contributed by atoms with Crippen LogP contribution in [0.5, 0.6) is 5.75 Å². The summed E-state index contributed by atoms with van der Waals surface area (Å²) in [6.45, 7) is 4.22. The maximum atomic E-state index is 13.3. The van der Waals surface area contributed by atoms with Gasteiger partial charge in [-0.05, 0) is 66.6 Å². The van der Waals surface area contributed by atoms with E-state index in [4.69, 9.17) is 4.74 Å². The molecule has 0 saturated heterocycles. The van der Waals surface area contributed by atoms with Gasteiger partial charge in [0, 0.05) is 47.6 Å². The molecular weight excluding hydrogens is 542 g/mol. The Morgan fingerprint density at radius 2 is 1.83 bits per heavy atom. The molecule has 2 atom stereocenters. The molecule has 2 heterocycles. The highest BCUT2D eigenvalue weighted by Crippen LogP contribution is 2.65. The average molecular weight is 580 g/mol. The fourth-order valence-electron chi connectivity index (χ4n) is 7.23. The van der Waals surface area contributed by atoms with Gasteiger partial charge in [-0.1, -0.05) is 39.2 Å². The van der Waals surface area contributed by atoms with Crippen LogP contribution in [-0.2, 0) is 21.5 Å². The molecule has 1 aromatic heterocycles. The van der Waals surface area contributed by atoms with Gasteiger partial charge in [0.25, 0.3) is 5.91 Å². The summed E-state index contributed by atoms with van der Waals surface area (Å²) >= 11 is 0. The molecule has 2 fully saturated rings. The van der Waals surface area contributed by atoms with Crippen LogP contribution in [0.3, 0.4) is 0 Å². The Hall–Kier alpha value is -3.37. The first-order chi connectivity index (χ1) is 19.6. The third kappa shape index (κ3) is 4.43. The topological polar surface area (TPSA) is 118 Å². The summed E-state index contributed by atoms with van der Waals surface area (Å²) in [5.41, 5.74) is 4.27. The summed E-state index contributed by atoms with van der Waals surface area (Å²) in [6, 6.07) is 11.3. The molecule has 41 heavy (non-hydrogen) atoms. The van der Waals surface area contributed by atoms with Gasteiger partial charge in [-0.3, -0.25) is 9.59 Å². The predicted octanol–water partition coefficient (Wildman–Crippen LogP) is 5.25. The van der Waals surface area contributed by atoms with E-state index in [0.717, 1.165) is 53.4 Å². The van der Waals surface area contributed by atoms with E-state index in [9.17, 15) is 23.1 Å². The van der Waals surface area contributed by atoms with Gasteiger partial charge in [0.05, 0.1) is 18.2 Å². The lowest BCUT2D eigenvalue weighted by Gasteiger charge is -2.24. The van der Waals surface area contributed by atoms with Gasteiger partial charge in [0.2, 0.25) is 0 Å². The van der Waals surface area contributed by atoms with Crippen molar-refractivity contribution in [2.24, 2.45) is 5.41 Å². The quantitative estimate of drug-likeness (QED) is 0.376. The number of carboxylic acids is 1. The van der Waals surface area contributed by atoms with Crippen molar-refractivity contribution < 1.29 is 27.9 Å². The number of amides is 1. The Morgan fingerprint density at radius 1 is 1.10 bits per heavy atom. The van der Waals surface area contributed by atoms with Crippen LogP contribution in [0, 0.1) is 5.41 Å². The van der Waals surface area contributed by atoms with Crippen molar-refractivity contribution in [3.05, 3.63) is 53.1 Å². The molecule has 3 aliphatic rings. The lowest BCUT2D eigenvalue weighted by Crippen LogP contribution is -2.43. The number of hydrogen-bond donors (Lipinski definition) is 2. The number of nitrogens with zero attached hydrogens (tertiary/aromatic N) is 2. The van der Waals surface area contributed by atoms with Crippen LogP contribution < -0.4 is 9.46 Å². The minimum Gasteiger partial charge on any atom is -0.497 e. The van der Waals surface area contributed by atoms with E-state index in [-0.39, 0.29) is 31.1 Å². The van der Waals surface area contributed by atoms with E-state index >= 15 is 0 Å². The summed E-state index contributed by atoms with van der Waals surface area (Å²) < 4.78 is 36.6. The SMILES string of the molecule is CCN(CC)S(=O)(=O)NC(=O)c1ccc2c(C3CCCCC3)c3n(c2c1)CC1(C(=O)O)CC1c1cc(OC)ccc1-3. The minimum absolute atomic E-state index is 0.134. The third-order valence-electron chi connectivity index (χ3n) is 9.48. The summed E-state index contributed by atoms with van der Waals surface area (Å²) in [5, 5.41) is 11.5. The summed E-state index contributed by atoms with van der Waals surface area (Å²) in [7, 11) is -2.37. The zero-order chi connectivity index (χ0) is 29.1. The predicted molar refractivity (Wildman–Crippen MR) is 156 cm³/mol. The molecule has 218 valence electrons. The second kappa shape index (κ2) is 10.2. The first-order valence-corrected chi connectivity index (χ1v) is 16.0. The molecule has 0 bridgehead atoms. The fourth-order valence-corrected chi connectivity index (χ4v) is 8.39. The molecule has 0 spiro atoms. The molecule has 1 aliphatic heterocycles. The van der Waals surface area contributed by atoms with E-state index < -0.39 is 27.5 Å². The number of carboxylic acid groups (broad SMARTS) is 1. The standard InChI is InChI=1S/C31H37N3O6S/c1-4-33(5-2)41(38,39)32-29(35)20-11-13-23-26(15-20)34-18-31(30(36)37)17-25(31)24-16-21(40-3)12-14-22(24)28(34)27(23)19-9-7-6-8-10-19/h11-16,19,25H,4-10,17-18H2,1-3H3,(H,32,35)(H,36,37). The molecule has 2 unspecified atom stereocenters. The van der Waals surface area contributed by atoms with Crippen LogP contribution in [-0.4, -0.2) is 54.5 Å². The minimum atomic E-state index is -3.99. The highest BCUT2D eigenvalue weighted by atomic mass is 32.2. The van der Waals surface area contributed by atoms with Crippen molar-refractivity contribution >= 4 is 33.0 Å². The first-order valence-electron chi connectivity index (χ1n) is 14.5. The number of methoxy groups -OCH3 is 1. The zero-order valence-corrected chi connectivity index (χ0v) is 24.6. The van der Waals surface area contributed by atoms with Gasteiger partial charge < -0.3 is 14.4 Å². The van der Waals surface area contributed by atoms with Gasteiger partial charge in [0.1, 0.15) is 5.75 Å². The molecule has 3 aromatic rings. The number of carbonyl (C=O) groups is 2. The monoisotopic (exact) mass is 579 g/mol. The molecule has 2 aliphatic carbocycles. The van der Waals surface area contributed by atoms with Crippen LogP contribution in [0.4, 0.5) is 0 Å². The molecule has 9 nitrogen and oxygen atoms in total. The first kappa shape index (κ1) is 27.8. The van der Waals surface area contributed by atoms with Crippen molar-refractivity contribution in [2.45, 2.75) is 70.8 Å². The maximum absolute atomic E-state index is 13.3. The number of nitrogens with one attached hydrogen (secondary N) is 1. The van der Waals surface area contributed by atoms with Crippen molar-refractivity contribution in [2.75, 3.05) is 20.2 Å². The maximum Gasteiger partial charge on any atom is 0.312 e. The van der Waals surface area contributed by atoms with Crippen LogP contribution in [0.15, 0.2) is 36.4 Å². The van der Waals surface area contributed by atoms with Crippen molar-refractivity contribution in [1.82, 2.24) is 13.6 Å². The molecule has 2 N–H and O–H groups in total. The largest absolute Gasteiger partial charge is 0.497 e. The molecule has 2 aromatic carbocycles. The fraction of sp³-hybridized carbons (Fsp3) is 0.484. The van der Waals surface area contributed by atoms with Gasteiger partial charge in [-0.15, -0.1) is 0 Å². The lowest BCUT2D eigenvalue weighted by atomic mass is 9.81. The summed E-state index contributed by atoms with van der Waals surface area (Å²) in [5.74, 6) is -0.651. The lowest BCUT2D eigenvalue weighted by molar-refractivity contribution is -0.144. The third-order valence-corrected chi connectivity index (χ3v) is 11.1. The Balaban J connectivity index is 1.56. The van der Waals surface area contributed by atoms with Crippen molar-refractivity contribution in [3.63, 3.8) is 0 Å². The van der Waals surface area contributed by atoms with E-state index in [2.05, 4.69) is 9.29 Å². The summed E-state index contributed by atoms with van der Waals surface area (Å²) in [6.07, 6.45) is 6.11. The molecule has 10 heteroatoms. The molecular formula is C31H37N3O6S. The average Bonchev–Trinajstić information content (AvgIpc) is 3.64. The number of ether oxygens (including phenoxy) is 1. The number of fused-ring (bicyclic) bond motifs is 7. The number of carbonyl (C=O) groups excluding carboxylic acids is 1. The van der Waals surface area contributed by atoms with Gasteiger partial charge >= 0.3 is 16.2 Å². The van der Waals surface area contributed by atoms with Gasteiger partial charge in [-0.25, -0.2) is 4.72 Å². The zero-order valence-electron chi connectivity index (χ0n) is 23.8. The normalized spacial score (nSPS) is 22.0. The number of aliphatic carboxylic acids is 1. The number of benzene rings is 2. The Labute approximate surface area is 240 Å². The highest BCUT2D eigenvalue weighted by molar-refractivity contribution is 7.87. The van der Waals surface area contributed by atoms with Gasteiger partial charge in [0.15, 0.2) is 0 Å². The van der Waals surface area contributed by atoms with Gasteiger partial charge in [-0.2, -0.15) is 12.7 Å². The van der Waals surface area contributed by atoms with E-state index in [1.807, 2.05) is 24.3 Å². The van der Waals surface area contributed by atoms with Crippen LogP contribution in [0.1, 0.15) is 85.7 Å². The molecule has 1 amide bonds. The number of aromatic nitrogens is 1. The van der Waals surface area contributed by atoms with E-state index in [1.165, 1.54) is 16.3 Å². The molecule has 2 saturated carbocycles. The van der Waals surface area contributed by atoms with Crippen LogP contribution >= 0.6 is 0 Å². The van der Waals surface area contributed by atoms with Crippen molar-refractivity contribution in [1.29, 1.82) is 0 Å². The van der Waals surface area contributed by atoms with E-state index in [0.29, 0.717) is 18.1 Å². The van der Waals surface area contributed by atoms with E-state index in [1.54, 1.807) is 33.1 Å². The second-order valence-electron chi connectivity index (χ2n) is 11.6. The van der Waals surface area contributed by atoms with Crippen LogP contribution in [0.2, 0.25) is 0 Å². The molecule has 6 rings (SSSR count). The van der Waals surface area contributed by atoms with Crippen molar-refractivity contribution in [3.8, 4) is 17.0 Å². The molecule has 0 radical (unpaired) electrons. The Kier molecular flexibility index (Phi) is 6.89. The summed E-state index contributed by atoms with van der Waals surface area (Å²) in [4.78, 5) is 26.0. The van der Waals surface area contributed by atoms with Crippen LogP contribution in [0.25, 0.3) is 22.2 Å². The highest BCUT2D eigenvalue weighted by Gasteiger charge is 2.63. The second-order valence-corrected chi connectivity index (χ2v) is 13.3. The number of rotatable bonds is 8. The Morgan fingerprint density at radius 3 is 2.49 bits per heavy atom. The number of hydrogen-bond acceptors (Lipinski definition) is 5. The Bertz CT molecular complexity index is 1650.